The fourth-order valence-electron chi connectivity index (χ4n) is 1.01. The van der Waals surface area contributed by atoms with Gasteiger partial charge in [-0.3, -0.25) is 4.79 Å². The van der Waals surface area contributed by atoms with E-state index in [0.717, 1.165) is 11.3 Å². The van der Waals surface area contributed by atoms with E-state index in [1.54, 1.807) is 38.1 Å². The van der Waals surface area contributed by atoms with Crippen LogP contribution in [-0.2, 0) is 4.79 Å². The molecule has 0 spiro atoms. The van der Waals surface area contributed by atoms with Crippen LogP contribution in [0.2, 0.25) is 0 Å². The normalized spacial score (nSPS) is 10.6. The highest BCUT2D eigenvalue weighted by Crippen LogP contribution is 2.20. The number of amides is 1. The molecule has 1 aromatic carbocycles. The van der Waals surface area contributed by atoms with Crippen molar-refractivity contribution in [3.8, 4) is 12.3 Å². The van der Waals surface area contributed by atoms with E-state index >= 15 is 0 Å². The van der Waals surface area contributed by atoms with Gasteiger partial charge in [-0.1, -0.05) is 5.92 Å². The molecule has 1 N–H and O–H groups in total. The number of nitrogens with one attached hydrogen (secondary N) is 1. The van der Waals surface area contributed by atoms with Crippen molar-refractivity contribution in [2.45, 2.75) is 13.8 Å². The number of hydrogen-bond acceptors (Lipinski definition) is 1. The standard InChI is InChI=1S/C13H14ClNO/c1-4-10-5-7-11(8-6-10)15-12(16)13(2,3)9-14/h1,5-8H,9H2,2-3H3,(H,15,16). The summed E-state index contributed by atoms with van der Waals surface area (Å²) in [6.07, 6.45) is 5.24. The number of terminal acetylenes is 1. The Morgan fingerprint density at radius 2 is 2.00 bits per heavy atom. The molecule has 0 aliphatic heterocycles. The fraction of sp³-hybridized carbons (Fsp3) is 0.308. The molecular formula is C13H14ClNO. The summed E-state index contributed by atoms with van der Waals surface area (Å²) in [4.78, 5) is 11.8. The van der Waals surface area contributed by atoms with Crippen LogP contribution >= 0.6 is 11.6 Å². The molecule has 16 heavy (non-hydrogen) atoms. The predicted molar refractivity (Wildman–Crippen MR) is 67.5 cm³/mol. The molecule has 1 amide bonds. The largest absolute Gasteiger partial charge is 0.326 e. The molecular weight excluding hydrogens is 222 g/mol. The van der Waals surface area contributed by atoms with Gasteiger partial charge in [0.05, 0.1) is 5.41 Å². The Hall–Kier alpha value is -1.46. The maximum atomic E-state index is 11.8. The maximum absolute atomic E-state index is 11.8. The van der Waals surface area contributed by atoms with Gasteiger partial charge in [0.15, 0.2) is 0 Å². The van der Waals surface area contributed by atoms with E-state index in [1.807, 2.05) is 0 Å². The number of benzene rings is 1. The lowest BCUT2D eigenvalue weighted by atomic mass is 9.95. The van der Waals surface area contributed by atoms with Gasteiger partial charge < -0.3 is 5.32 Å². The lowest BCUT2D eigenvalue weighted by Crippen LogP contribution is -2.32. The van der Waals surface area contributed by atoms with Crippen LogP contribution in [-0.4, -0.2) is 11.8 Å². The smallest absolute Gasteiger partial charge is 0.231 e. The third kappa shape index (κ3) is 3.01. The molecule has 0 heterocycles. The highest BCUT2D eigenvalue weighted by molar-refractivity contribution is 6.20. The van der Waals surface area contributed by atoms with Gasteiger partial charge in [-0.15, -0.1) is 18.0 Å². The number of rotatable bonds is 3. The molecule has 0 aliphatic carbocycles. The van der Waals surface area contributed by atoms with Crippen LogP contribution in [0.15, 0.2) is 24.3 Å². The summed E-state index contributed by atoms with van der Waals surface area (Å²) < 4.78 is 0. The molecule has 0 aliphatic rings. The fourth-order valence-corrected chi connectivity index (χ4v) is 1.13. The maximum Gasteiger partial charge on any atom is 0.231 e. The van der Waals surface area contributed by atoms with Crippen LogP contribution in [0.4, 0.5) is 5.69 Å². The first-order valence-electron chi connectivity index (χ1n) is 4.93. The monoisotopic (exact) mass is 235 g/mol. The molecule has 0 aromatic heterocycles. The van der Waals surface area contributed by atoms with Crippen LogP contribution < -0.4 is 5.32 Å². The molecule has 0 radical (unpaired) electrons. The average molecular weight is 236 g/mol. The summed E-state index contributed by atoms with van der Waals surface area (Å²) in [7, 11) is 0. The third-order valence-electron chi connectivity index (χ3n) is 2.26. The van der Waals surface area contributed by atoms with Gasteiger partial charge in [-0.05, 0) is 38.1 Å². The quantitative estimate of drug-likeness (QED) is 0.634. The number of alkyl halides is 1. The summed E-state index contributed by atoms with van der Waals surface area (Å²) in [6, 6.07) is 7.11. The number of halogens is 1. The van der Waals surface area contributed by atoms with E-state index in [2.05, 4.69) is 11.2 Å². The van der Waals surface area contributed by atoms with Crippen molar-refractivity contribution < 1.29 is 4.79 Å². The molecule has 1 rings (SSSR count). The zero-order valence-corrected chi connectivity index (χ0v) is 10.1. The van der Waals surface area contributed by atoms with E-state index in [-0.39, 0.29) is 11.8 Å². The van der Waals surface area contributed by atoms with Gasteiger partial charge in [0.25, 0.3) is 0 Å². The second-order valence-electron chi connectivity index (χ2n) is 4.19. The lowest BCUT2D eigenvalue weighted by molar-refractivity contribution is -0.122. The Kier molecular flexibility index (Phi) is 3.98. The van der Waals surface area contributed by atoms with Gasteiger partial charge in [0.2, 0.25) is 5.91 Å². The van der Waals surface area contributed by atoms with Crippen molar-refractivity contribution >= 4 is 23.2 Å². The van der Waals surface area contributed by atoms with E-state index in [4.69, 9.17) is 18.0 Å². The molecule has 84 valence electrons. The van der Waals surface area contributed by atoms with Gasteiger partial charge >= 0.3 is 0 Å². The number of carbonyl (C=O) groups is 1. The molecule has 3 heteroatoms. The number of anilines is 1. The van der Waals surface area contributed by atoms with Gasteiger partial charge in [0.1, 0.15) is 0 Å². The average Bonchev–Trinajstić information content (AvgIpc) is 2.30. The summed E-state index contributed by atoms with van der Waals surface area (Å²) in [5, 5.41) is 2.79. The van der Waals surface area contributed by atoms with Crippen molar-refractivity contribution in [2.75, 3.05) is 11.2 Å². The van der Waals surface area contributed by atoms with E-state index in [1.165, 1.54) is 0 Å². The summed E-state index contributed by atoms with van der Waals surface area (Å²) >= 11 is 5.71. The molecule has 0 bridgehead atoms. The number of hydrogen-bond donors (Lipinski definition) is 1. The Bertz CT molecular complexity index is 415. The van der Waals surface area contributed by atoms with Crippen LogP contribution in [0.25, 0.3) is 0 Å². The molecule has 0 saturated carbocycles. The summed E-state index contributed by atoms with van der Waals surface area (Å²) in [5.41, 5.74) is 0.934. The number of carbonyl (C=O) groups excluding carboxylic acids is 1. The van der Waals surface area contributed by atoms with Crippen LogP contribution in [0, 0.1) is 17.8 Å². The van der Waals surface area contributed by atoms with Crippen molar-refractivity contribution in [1.29, 1.82) is 0 Å². The SMILES string of the molecule is C#Cc1ccc(NC(=O)C(C)(C)CCl)cc1. The highest BCUT2D eigenvalue weighted by Gasteiger charge is 2.26. The van der Waals surface area contributed by atoms with Crippen LogP contribution in [0.1, 0.15) is 19.4 Å². The Morgan fingerprint density at radius 3 is 2.44 bits per heavy atom. The minimum atomic E-state index is -0.577. The second-order valence-corrected chi connectivity index (χ2v) is 4.46. The minimum Gasteiger partial charge on any atom is -0.326 e. The molecule has 0 unspecified atom stereocenters. The van der Waals surface area contributed by atoms with Crippen molar-refractivity contribution in [1.82, 2.24) is 0 Å². The molecule has 0 fully saturated rings. The van der Waals surface area contributed by atoms with Gasteiger partial charge in [0, 0.05) is 17.1 Å². The minimum absolute atomic E-state index is 0.101. The van der Waals surface area contributed by atoms with Crippen LogP contribution in [0.3, 0.4) is 0 Å². The van der Waals surface area contributed by atoms with Gasteiger partial charge in [-0.2, -0.15) is 0 Å². The lowest BCUT2D eigenvalue weighted by Gasteiger charge is -2.20. The van der Waals surface area contributed by atoms with Gasteiger partial charge in [-0.25, -0.2) is 0 Å². The first-order chi connectivity index (χ1) is 7.49. The Balaban J connectivity index is 2.75. The third-order valence-corrected chi connectivity index (χ3v) is 2.93. The topological polar surface area (TPSA) is 29.1 Å². The van der Waals surface area contributed by atoms with E-state index in [0.29, 0.717) is 0 Å². The van der Waals surface area contributed by atoms with Crippen molar-refractivity contribution in [2.24, 2.45) is 5.41 Å². The molecule has 2 nitrogen and oxygen atoms in total. The van der Waals surface area contributed by atoms with E-state index in [9.17, 15) is 4.79 Å². The predicted octanol–water partition coefficient (Wildman–Crippen LogP) is 2.87. The zero-order chi connectivity index (χ0) is 12.2. The van der Waals surface area contributed by atoms with Crippen molar-refractivity contribution in [3.63, 3.8) is 0 Å². The Morgan fingerprint density at radius 1 is 1.44 bits per heavy atom. The summed E-state index contributed by atoms with van der Waals surface area (Å²) in [5.74, 6) is 2.69. The summed E-state index contributed by atoms with van der Waals surface area (Å²) in [6.45, 7) is 3.59. The zero-order valence-electron chi connectivity index (χ0n) is 9.38. The van der Waals surface area contributed by atoms with Crippen LogP contribution in [0.5, 0.6) is 0 Å². The molecule has 1 aromatic rings. The first-order valence-corrected chi connectivity index (χ1v) is 5.47. The van der Waals surface area contributed by atoms with E-state index < -0.39 is 5.41 Å². The molecule has 0 saturated heterocycles. The molecule has 0 atom stereocenters. The highest BCUT2D eigenvalue weighted by atomic mass is 35.5. The Labute approximate surface area is 101 Å². The second kappa shape index (κ2) is 5.05. The first kappa shape index (κ1) is 12.6. The van der Waals surface area contributed by atoms with Crippen molar-refractivity contribution in [3.05, 3.63) is 29.8 Å².